The molecule has 0 radical (unpaired) electrons. The summed E-state index contributed by atoms with van der Waals surface area (Å²) in [6, 6.07) is 6.52. The minimum absolute atomic E-state index is 0.0339. The molecule has 1 aromatic carbocycles. The Hall–Kier alpha value is -1.27. The minimum atomic E-state index is -1.82. The normalized spacial score (nSPS) is 13.6. The third-order valence-corrected chi connectivity index (χ3v) is 4.17. The Morgan fingerprint density at radius 3 is 2.42 bits per heavy atom. The van der Waals surface area contributed by atoms with E-state index in [2.05, 4.69) is 0 Å². The van der Waals surface area contributed by atoms with Crippen LogP contribution in [0.3, 0.4) is 0 Å². The number of carbonyl (C=O) groups excluding carboxylic acids is 1. The molecule has 1 aromatic rings. The molecule has 0 amide bonds. The quantitative estimate of drug-likeness (QED) is 0.265. The van der Waals surface area contributed by atoms with Gasteiger partial charge in [0.1, 0.15) is 0 Å². The Kier molecular flexibility index (Phi) is 5.62. The second-order valence-electron chi connectivity index (χ2n) is 3.67. The molecule has 0 aromatic heterocycles. The standard InChI is InChI=1S/C12H14ClNO4S/c1-3-12(14(16)17,11(15)18-4-2)19-10-7-5-9(13)6-8-10/h5-8H,3-4H2,1-2H3. The van der Waals surface area contributed by atoms with Gasteiger partial charge in [-0.15, -0.1) is 0 Å². The van der Waals surface area contributed by atoms with Crippen molar-refractivity contribution < 1.29 is 14.5 Å². The molecule has 1 rings (SSSR count). The Balaban J connectivity index is 3.06. The summed E-state index contributed by atoms with van der Waals surface area (Å²) in [5, 5.41) is 11.8. The number of nitro groups is 1. The summed E-state index contributed by atoms with van der Waals surface area (Å²) in [7, 11) is 0. The zero-order chi connectivity index (χ0) is 14.5. The second-order valence-corrected chi connectivity index (χ2v) is 5.46. The largest absolute Gasteiger partial charge is 0.460 e. The van der Waals surface area contributed by atoms with Gasteiger partial charge in [-0.2, -0.15) is 0 Å². The first-order chi connectivity index (χ1) is 8.96. The minimum Gasteiger partial charge on any atom is -0.460 e. The molecule has 7 heteroatoms. The maximum absolute atomic E-state index is 11.9. The predicted octanol–water partition coefficient (Wildman–Crippen LogP) is 3.38. The molecular weight excluding hydrogens is 290 g/mol. The number of rotatable bonds is 6. The van der Waals surface area contributed by atoms with Crippen molar-refractivity contribution in [1.82, 2.24) is 0 Å². The van der Waals surface area contributed by atoms with Gasteiger partial charge in [-0.3, -0.25) is 10.1 Å². The molecule has 0 heterocycles. The van der Waals surface area contributed by atoms with Crippen LogP contribution < -0.4 is 0 Å². The van der Waals surface area contributed by atoms with Crippen LogP contribution in [-0.2, 0) is 9.53 Å². The second kappa shape index (κ2) is 6.77. The molecule has 5 nitrogen and oxygen atoms in total. The molecule has 1 atom stereocenters. The van der Waals surface area contributed by atoms with E-state index in [1.54, 1.807) is 38.1 Å². The average Bonchev–Trinajstić information content (AvgIpc) is 2.38. The first kappa shape index (κ1) is 15.8. The highest BCUT2D eigenvalue weighted by molar-refractivity contribution is 8.01. The topological polar surface area (TPSA) is 69.4 Å². The van der Waals surface area contributed by atoms with E-state index in [1.165, 1.54) is 0 Å². The van der Waals surface area contributed by atoms with Crippen LogP contribution in [0.2, 0.25) is 5.02 Å². The number of halogens is 1. The van der Waals surface area contributed by atoms with Crippen LogP contribution in [0, 0.1) is 10.1 Å². The summed E-state index contributed by atoms with van der Waals surface area (Å²) < 4.78 is 4.83. The third-order valence-electron chi connectivity index (χ3n) is 2.47. The van der Waals surface area contributed by atoms with Crippen molar-refractivity contribution in [2.75, 3.05) is 6.61 Å². The van der Waals surface area contributed by atoms with Gasteiger partial charge in [-0.25, -0.2) is 4.79 Å². The number of esters is 1. The SMILES string of the molecule is CCOC(=O)C(CC)(Sc1ccc(Cl)cc1)[N+](=O)[O-]. The molecule has 0 saturated carbocycles. The van der Waals surface area contributed by atoms with E-state index >= 15 is 0 Å². The molecular formula is C12H14ClNO4S. The van der Waals surface area contributed by atoms with Gasteiger partial charge in [0.25, 0.3) is 0 Å². The predicted molar refractivity (Wildman–Crippen MR) is 74.0 cm³/mol. The molecule has 1 unspecified atom stereocenters. The fraction of sp³-hybridized carbons (Fsp3) is 0.417. The van der Waals surface area contributed by atoms with Gasteiger partial charge in [0.05, 0.1) is 6.61 Å². The highest BCUT2D eigenvalue weighted by atomic mass is 35.5. The van der Waals surface area contributed by atoms with E-state index in [1.807, 2.05) is 0 Å². The van der Waals surface area contributed by atoms with Crippen molar-refractivity contribution in [3.8, 4) is 0 Å². The van der Waals surface area contributed by atoms with Crippen molar-refractivity contribution in [3.63, 3.8) is 0 Å². The van der Waals surface area contributed by atoms with Crippen LogP contribution in [0.25, 0.3) is 0 Å². The lowest BCUT2D eigenvalue weighted by atomic mass is 10.2. The maximum atomic E-state index is 11.9. The summed E-state index contributed by atoms with van der Waals surface area (Å²) in [6.07, 6.45) is 0.0339. The molecule has 0 saturated heterocycles. The summed E-state index contributed by atoms with van der Waals surface area (Å²) in [4.78, 5) is 21.4. The Morgan fingerprint density at radius 1 is 1.42 bits per heavy atom. The lowest BCUT2D eigenvalue weighted by Crippen LogP contribution is -2.44. The van der Waals surface area contributed by atoms with Crippen LogP contribution in [0.4, 0.5) is 0 Å². The molecule has 0 bridgehead atoms. The number of ether oxygens (including phenoxy) is 1. The van der Waals surface area contributed by atoms with Crippen molar-refractivity contribution in [2.45, 2.75) is 30.0 Å². The number of nitrogens with zero attached hydrogens (tertiary/aromatic N) is 1. The van der Waals surface area contributed by atoms with Crippen LogP contribution in [0.1, 0.15) is 20.3 Å². The molecule has 104 valence electrons. The monoisotopic (exact) mass is 303 g/mol. The molecule has 0 fully saturated rings. The van der Waals surface area contributed by atoms with Gasteiger partial charge >= 0.3 is 10.8 Å². The molecule has 0 aliphatic heterocycles. The molecule has 0 aliphatic rings. The fourth-order valence-electron chi connectivity index (χ4n) is 1.44. The van der Waals surface area contributed by atoms with Crippen LogP contribution >= 0.6 is 23.4 Å². The first-order valence-electron chi connectivity index (χ1n) is 5.72. The van der Waals surface area contributed by atoms with Crippen molar-refractivity contribution >= 4 is 29.3 Å². The Bertz CT molecular complexity index is 465. The van der Waals surface area contributed by atoms with Crippen molar-refractivity contribution in [3.05, 3.63) is 39.4 Å². The van der Waals surface area contributed by atoms with Gasteiger partial charge in [0.15, 0.2) is 0 Å². The highest BCUT2D eigenvalue weighted by Gasteiger charge is 2.52. The number of thioether (sulfide) groups is 1. The van der Waals surface area contributed by atoms with E-state index < -0.39 is 15.8 Å². The van der Waals surface area contributed by atoms with Gasteiger partial charge in [0.2, 0.25) is 0 Å². The summed E-state index contributed by atoms with van der Waals surface area (Å²) in [5.74, 6) is -0.831. The Morgan fingerprint density at radius 2 is 2.00 bits per heavy atom. The highest BCUT2D eigenvalue weighted by Crippen LogP contribution is 2.37. The first-order valence-corrected chi connectivity index (χ1v) is 6.92. The fourth-order valence-corrected chi connectivity index (χ4v) is 2.59. The summed E-state index contributed by atoms with van der Waals surface area (Å²) >= 11 is 6.63. The average molecular weight is 304 g/mol. The smallest absolute Gasteiger partial charge is 0.396 e. The molecule has 0 spiro atoms. The lowest BCUT2D eigenvalue weighted by molar-refractivity contribution is -0.525. The van der Waals surface area contributed by atoms with Crippen molar-refractivity contribution in [1.29, 1.82) is 0 Å². The lowest BCUT2D eigenvalue weighted by Gasteiger charge is -2.21. The van der Waals surface area contributed by atoms with Crippen LogP contribution in [0.5, 0.6) is 0 Å². The van der Waals surface area contributed by atoms with Crippen molar-refractivity contribution in [2.24, 2.45) is 0 Å². The van der Waals surface area contributed by atoms with Gasteiger partial charge in [-0.1, -0.05) is 18.5 Å². The van der Waals surface area contributed by atoms with Crippen LogP contribution in [0.15, 0.2) is 29.2 Å². The van der Waals surface area contributed by atoms with E-state index in [-0.39, 0.29) is 13.0 Å². The number of hydrogen-bond acceptors (Lipinski definition) is 5. The zero-order valence-electron chi connectivity index (χ0n) is 10.6. The van der Waals surface area contributed by atoms with E-state index in [9.17, 15) is 14.9 Å². The number of carbonyl (C=O) groups is 1. The van der Waals surface area contributed by atoms with E-state index in [4.69, 9.17) is 16.3 Å². The summed E-state index contributed by atoms with van der Waals surface area (Å²) in [6.45, 7) is 3.31. The zero-order valence-corrected chi connectivity index (χ0v) is 12.2. The molecule has 0 aliphatic carbocycles. The van der Waals surface area contributed by atoms with Crippen LogP contribution in [-0.4, -0.2) is 22.4 Å². The van der Waals surface area contributed by atoms with E-state index in [0.29, 0.717) is 9.92 Å². The summed E-state index contributed by atoms with van der Waals surface area (Å²) in [5.41, 5.74) is 0. The number of hydrogen-bond donors (Lipinski definition) is 0. The van der Waals surface area contributed by atoms with Gasteiger partial charge < -0.3 is 4.74 Å². The van der Waals surface area contributed by atoms with Gasteiger partial charge in [-0.05, 0) is 43.0 Å². The third kappa shape index (κ3) is 3.61. The van der Waals surface area contributed by atoms with Gasteiger partial charge in [0, 0.05) is 21.3 Å². The van der Waals surface area contributed by atoms with E-state index in [0.717, 1.165) is 11.8 Å². The number of benzene rings is 1. The molecule has 19 heavy (non-hydrogen) atoms. The molecule has 0 N–H and O–H groups in total. The Labute approximate surface area is 120 Å². The maximum Gasteiger partial charge on any atom is 0.396 e.